The monoisotopic (exact) mass is 320 g/mol. The summed E-state index contributed by atoms with van der Waals surface area (Å²) in [6, 6.07) is 4.43. The van der Waals surface area contributed by atoms with E-state index in [1.165, 1.54) is 12.1 Å². The van der Waals surface area contributed by atoms with Crippen LogP contribution in [0.25, 0.3) is 0 Å². The Bertz CT molecular complexity index is 442. The fourth-order valence-corrected chi connectivity index (χ4v) is 1.34. The first-order valence-corrected chi connectivity index (χ1v) is 4.98. The molecule has 0 saturated carbocycles. The SMILES string of the molecule is N#CCC(=O)Nc1ccc(I)c(F)c1O. The van der Waals surface area contributed by atoms with Gasteiger partial charge in [-0.2, -0.15) is 5.26 Å². The second kappa shape index (κ2) is 4.93. The molecule has 0 heterocycles. The van der Waals surface area contributed by atoms with Gasteiger partial charge in [0, 0.05) is 0 Å². The number of anilines is 1. The molecule has 6 heteroatoms. The Morgan fingerprint density at radius 3 is 2.93 bits per heavy atom. The summed E-state index contributed by atoms with van der Waals surface area (Å²) in [5.41, 5.74) is -0.0341. The number of carbonyl (C=O) groups excluding carboxylic acids is 1. The number of nitrogens with one attached hydrogen (secondary N) is 1. The van der Waals surface area contributed by atoms with Crippen molar-refractivity contribution in [2.24, 2.45) is 0 Å². The van der Waals surface area contributed by atoms with Crippen LogP contribution in [0.5, 0.6) is 5.75 Å². The van der Waals surface area contributed by atoms with Crippen LogP contribution in [0.15, 0.2) is 12.1 Å². The van der Waals surface area contributed by atoms with Gasteiger partial charge in [0.05, 0.1) is 15.3 Å². The van der Waals surface area contributed by atoms with Gasteiger partial charge in [-0.3, -0.25) is 4.79 Å². The van der Waals surface area contributed by atoms with Gasteiger partial charge in [-0.25, -0.2) is 4.39 Å². The number of carbonyl (C=O) groups is 1. The predicted octanol–water partition coefficient (Wildman–Crippen LogP) is 1.99. The standard InChI is InChI=1S/C9H6FIN2O2/c10-8-5(11)1-2-6(9(8)15)13-7(14)3-4-12/h1-2,15H,3H2,(H,13,14). The largest absolute Gasteiger partial charge is 0.503 e. The van der Waals surface area contributed by atoms with Crippen LogP contribution in [0.3, 0.4) is 0 Å². The van der Waals surface area contributed by atoms with Crippen LogP contribution in [0.4, 0.5) is 10.1 Å². The van der Waals surface area contributed by atoms with E-state index in [0.29, 0.717) is 0 Å². The van der Waals surface area contributed by atoms with Crippen molar-refractivity contribution in [1.82, 2.24) is 0 Å². The van der Waals surface area contributed by atoms with E-state index in [4.69, 9.17) is 5.26 Å². The minimum atomic E-state index is -0.787. The maximum Gasteiger partial charge on any atom is 0.238 e. The average molecular weight is 320 g/mol. The van der Waals surface area contributed by atoms with Gasteiger partial charge in [-0.1, -0.05) is 0 Å². The summed E-state index contributed by atoms with van der Waals surface area (Å²) in [5, 5.41) is 19.8. The summed E-state index contributed by atoms with van der Waals surface area (Å²) in [6.45, 7) is 0. The number of nitrogens with zero attached hydrogens (tertiary/aromatic N) is 1. The molecule has 0 aromatic heterocycles. The van der Waals surface area contributed by atoms with Gasteiger partial charge in [-0.15, -0.1) is 0 Å². The number of aromatic hydroxyl groups is 1. The lowest BCUT2D eigenvalue weighted by Gasteiger charge is -2.06. The molecule has 0 aliphatic carbocycles. The summed E-state index contributed by atoms with van der Waals surface area (Å²) in [5.74, 6) is -1.99. The van der Waals surface area contributed by atoms with Gasteiger partial charge in [0.1, 0.15) is 6.42 Å². The van der Waals surface area contributed by atoms with Crippen LogP contribution < -0.4 is 5.32 Å². The maximum atomic E-state index is 13.2. The fourth-order valence-electron chi connectivity index (χ4n) is 0.907. The molecule has 1 rings (SSSR count). The van der Waals surface area contributed by atoms with E-state index in [1.54, 1.807) is 28.7 Å². The average Bonchev–Trinajstić information content (AvgIpc) is 2.20. The quantitative estimate of drug-likeness (QED) is 0.646. The van der Waals surface area contributed by atoms with Crippen LogP contribution in [0.1, 0.15) is 6.42 Å². The summed E-state index contributed by atoms with van der Waals surface area (Å²) in [7, 11) is 0. The number of phenolic OH excluding ortho intramolecular Hbond substituents is 1. The zero-order chi connectivity index (χ0) is 11.4. The number of hydrogen-bond acceptors (Lipinski definition) is 3. The van der Waals surface area contributed by atoms with Gasteiger partial charge in [0.15, 0.2) is 11.6 Å². The van der Waals surface area contributed by atoms with Crippen LogP contribution in [0.2, 0.25) is 0 Å². The van der Waals surface area contributed by atoms with Gasteiger partial charge in [0.2, 0.25) is 5.91 Å². The molecule has 1 aromatic carbocycles. The minimum Gasteiger partial charge on any atom is -0.503 e. The molecule has 0 aliphatic rings. The van der Waals surface area contributed by atoms with Crippen molar-refractivity contribution >= 4 is 34.2 Å². The highest BCUT2D eigenvalue weighted by atomic mass is 127. The molecule has 0 spiro atoms. The Kier molecular flexibility index (Phi) is 3.85. The summed E-state index contributed by atoms with van der Waals surface area (Å²) in [4.78, 5) is 11.0. The number of phenols is 1. The number of nitriles is 1. The first-order valence-electron chi connectivity index (χ1n) is 3.90. The molecule has 0 fully saturated rings. The summed E-state index contributed by atoms with van der Waals surface area (Å²) >= 11 is 1.72. The number of amides is 1. The van der Waals surface area contributed by atoms with E-state index in [0.717, 1.165) is 0 Å². The van der Waals surface area contributed by atoms with Crippen molar-refractivity contribution in [1.29, 1.82) is 5.26 Å². The molecular weight excluding hydrogens is 314 g/mol. The highest BCUT2D eigenvalue weighted by Crippen LogP contribution is 2.29. The van der Waals surface area contributed by atoms with Crippen molar-refractivity contribution in [2.45, 2.75) is 6.42 Å². The molecule has 2 N–H and O–H groups in total. The number of hydrogen-bond donors (Lipinski definition) is 2. The van der Waals surface area contributed by atoms with Gasteiger partial charge >= 0.3 is 0 Å². The normalized spacial score (nSPS) is 9.40. The minimum absolute atomic E-state index is 0.0341. The van der Waals surface area contributed by atoms with Crippen molar-refractivity contribution in [3.05, 3.63) is 21.5 Å². The third kappa shape index (κ3) is 2.79. The fraction of sp³-hybridized carbons (Fsp3) is 0.111. The highest BCUT2D eigenvalue weighted by molar-refractivity contribution is 14.1. The second-order valence-electron chi connectivity index (χ2n) is 2.64. The Morgan fingerprint density at radius 2 is 2.33 bits per heavy atom. The predicted molar refractivity (Wildman–Crippen MR) is 59.6 cm³/mol. The number of benzene rings is 1. The molecule has 15 heavy (non-hydrogen) atoms. The van der Waals surface area contributed by atoms with E-state index in [1.807, 2.05) is 0 Å². The van der Waals surface area contributed by atoms with E-state index in [-0.39, 0.29) is 15.7 Å². The lowest BCUT2D eigenvalue weighted by atomic mass is 10.2. The van der Waals surface area contributed by atoms with Crippen LogP contribution in [-0.4, -0.2) is 11.0 Å². The first-order chi connectivity index (χ1) is 7.06. The lowest BCUT2D eigenvalue weighted by Crippen LogP contribution is -2.10. The highest BCUT2D eigenvalue weighted by Gasteiger charge is 2.12. The second-order valence-corrected chi connectivity index (χ2v) is 3.80. The number of rotatable bonds is 2. The van der Waals surface area contributed by atoms with E-state index >= 15 is 0 Å². The van der Waals surface area contributed by atoms with Crippen LogP contribution in [0, 0.1) is 20.7 Å². The molecule has 1 amide bonds. The summed E-state index contributed by atoms with van der Waals surface area (Å²) < 4.78 is 13.4. The third-order valence-corrected chi connectivity index (χ3v) is 2.42. The Hall–Kier alpha value is -1.36. The molecule has 78 valence electrons. The molecule has 0 aliphatic heterocycles. The van der Waals surface area contributed by atoms with Crippen molar-refractivity contribution in [3.8, 4) is 11.8 Å². The Labute approximate surface area is 98.9 Å². The Morgan fingerprint density at radius 1 is 1.67 bits per heavy atom. The topological polar surface area (TPSA) is 73.1 Å². The van der Waals surface area contributed by atoms with Gasteiger partial charge in [0.25, 0.3) is 0 Å². The zero-order valence-electron chi connectivity index (χ0n) is 7.42. The van der Waals surface area contributed by atoms with Gasteiger partial charge in [-0.05, 0) is 34.7 Å². The van der Waals surface area contributed by atoms with E-state index in [2.05, 4.69) is 5.32 Å². The Balaban J connectivity index is 2.93. The molecule has 0 radical (unpaired) electrons. The van der Waals surface area contributed by atoms with Crippen LogP contribution >= 0.6 is 22.6 Å². The molecule has 0 atom stereocenters. The van der Waals surface area contributed by atoms with Crippen molar-refractivity contribution in [3.63, 3.8) is 0 Å². The number of halogens is 2. The van der Waals surface area contributed by atoms with Crippen LogP contribution in [-0.2, 0) is 4.79 Å². The smallest absolute Gasteiger partial charge is 0.238 e. The van der Waals surface area contributed by atoms with E-state index < -0.39 is 17.5 Å². The molecule has 0 unspecified atom stereocenters. The summed E-state index contributed by atoms with van der Waals surface area (Å²) in [6.07, 6.45) is -0.340. The molecule has 0 bridgehead atoms. The molecule has 4 nitrogen and oxygen atoms in total. The maximum absolute atomic E-state index is 13.2. The van der Waals surface area contributed by atoms with Crippen molar-refractivity contribution in [2.75, 3.05) is 5.32 Å². The molecule has 0 saturated heterocycles. The zero-order valence-corrected chi connectivity index (χ0v) is 9.58. The van der Waals surface area contributed by atoms with E-state index in [9.17, 15) is 14.3 Å². The third-order valence-electron chi connectivity index (χ3n) is 1.58. The lowest BCUT2D eigenvalue weighted by molar-refractivity contribution is -0.115. The van der Waals surface area contributed by atoms with Gasteiger partial charge < -0.3 is 10.4 Å². The molecule has 1 aromatic rings. The first kappa shape index (κ1) is 11.7. The molecular formula is C9H6FIN2O2. The van der Waals surface area contributed by atoms with Crippen molar-refractivity contribution < 1.29 is 14.3 Å².